The Bertz CT molecular complexity index is 2120. The number of aromatic nitrogens is 2. The molecule has 4 aliphatic rings. The van der Waals surface area contributed by atoms with Crippen LogP contribution in [0, 0.1) is 5.92 Å². The van der Waals surface area contributed by atoms with Crippen molar-refractivity contribution < 1.29 is 29.1 Å². The highest BCUT2D eigenvalue weighted by molar-refractivity contribution is 6.01. The zero-order chi connectivity index (χ0) is 45.7. The summed E-state index contributed by atoms with van der Waals surface area (Å²) >= 11 is 0. The first-order valence-corrected chi connectivity index (χ1v) is 24.3. The number of unbranched alkanes of at least 4 members (excludes halogenated alkanes) is 1. The van der Waals surface area contributed by atoms with E-state index in [2.05, 4.69) is 32.8 Å². The van der Waals surface area contributed by atoms with E-state index in [0.29, 0.717) is 62.3 Å². The van der Waals surface area contributed by atoms with Gasteiger partial charge < -0.3 is 41.5 Å². The van der Waals surface area contributed by atoms with Gasteiger partial charge in [-0.25, -0.2) is 14.8 Å². The second-order valence-corrected chi connectivity index (χ2v) is 18.5. The summed E-state index contributed by atoms with van der Waals surface area (Å²) in [6.45, 7) is 7.87. The van der Waals surface area contributed by atoms with Gasteiger partial charge in [-0.05, 0) is 149 Å². The van der Waals surface area contributed by atoms with Gasteiger partial charge >= 0.3 is 5.97 Å². The van der Waals surface area contributed by atoms with Gasteiger partial charge in [-0.3, -0.25) is 19.2 Å². The molecule has 0 radical (unpaired) electrons. The van der Waals surface area contributed by atoms with Gasteiger partial charge in [-0.15, -0.1) is 0 Å². The minimum absolute atomic E-state index is 0.00771. The number of nitrogens with one attached hydrogen (secondary N) is 3. The van der Waals surface area contributed by atoms with Crippen LogP contribution in [0.5, 0.6) is 0 Å². The summed E-state index contributed by atoms with van der Waals surface area (Å²) in [5.74, 6) is -3.13. The molecule has 3 atom stereocenters. The second kappa shape index (κ2) is 23.2. The van der Waals surface area contributed by atoms with Crippen LogP contribution in [0.3, 0.4) is 0 Å². The van der Waals surface area contributed by atoms with Gasteiger partial charge in [0.1, 0.15) is 28.8 Å². The van der Waals surface area contributed by atoms with Crippen LogP contribution in [-0.2, 0) is 11.2 Å². The van der Waals surface area contributed by atoms with Crippen LogP contribution in [0.2, 0.25) is 0 Å². The number of rotatable bonds is 19. The number of aliphatic carboxylic acids is 1. The van der Waals surface area contributed by atoms with Crippen molar-refractivity contribution in [3.05, 3.63) is 76.9 Å². The number of carbonyl (C=O) groups is 5. The molecule has 1 saturated carbocycles. The molecule has 7 rings (SSSR count). The van der Waals surface area contributed by atoms with Crippen molar-refractivity contribution in [1.29, 1.82) is 0 Å². The fourth-order valence-electron chi connectivity index (χ4n) is 10.1. The number of nitrogen functional groups attached to an aromatic ring is 1. The maximum atomic E-state index is 14.6. The molecular formula is C50H69N9O6. The van der Waals surface area contributed by atoms with Crippen LogP contribution in [0.1, 0.15) is 151 Å². The first kappa shape index (κ1) is 47.5. The van der Waals surface area contributed by atoms with Gasteiger partial charge in [0.2, 0.25) is 0 Å². The molecule has 3 aromatic rings. The highest BCUT2D eigenvalue weighted by Crippen LogP contribution is 2.30. The first-order valence-electron chi connectivity index (χ1n) is 24.3. The Labute approximate surface area is 383 Å². The third kappa shape index (κ3) is 12.7. The molecule has 3 saturated heterocycles. The van der Waals surface area contributed by atoms with Crippen LogP contribution in [0.25, 0.3) is 11.1 Å². The Morgan fingerprint density at radius 3 is 1.91 bits per heavy atom. The summed E-state index contributed by atoms with van der Waals surface area (Å²) in [6.07, 6.45) is 14.5. The molecule has 4 amide bonds. The number of anilines is 1. The third-order valence-corrected chi connectivity index (χ3v) is 13.7. The maximum Gasteiger partial charge on any atom is 0.326 e. The molecule has 3 unspecified atom stereocenters. The molecule has 2 aromatic heterocycles. The number of nitrogens with zero attached hydrogens (tertiary/aromatic N) is 5. The Morgan fingerprint density at radius 2 is 1.28 bits per heavy atom. The van der Waals surface area contributed by atoms with Crippen LogP contribution < -0.4 is 21.7 Å². The summed E-state index contributed by atoms with van der Waals surface area (Å²) < 4.78 is 0. The lowest BCUT2D eigenvalue weighted by molar-refractivity contribution is -0.141. The van der Waals surface area contributed by atoms with Crippen LogP contribution in [-0.4, -0.2) is 130 Å². The number of benzene rings is 1. The van der Waals surface area contributed by atoms with E-state index in [1.165, 1.54) is 12.5 Å². The number of aryl methyl sites for hydroxylation is 1. The molecule has 15 nitrogen and oxygen atoms in total. The molecule has 6 N–H and O–H groups in total. The molecule has 0 bridgehead atoms. The molecule has 65 heavy (non-hydrogen) atoms. The van der Waals surface area contributed by atoms with E-state index < -0.39 is 23.8 Å². The average molecular weight is 892 g/mol. The zero-order valence-corrected chi connectivity index (χ0v) is 38.2. The van der Waals surface area contributed by atoms with Crippen molar-refractivity contribution in [1.82, 2.24) is 40.6 Å². The minimum atomic E-state index is -1.12. The number of hydrogen-bond acceptors (Lipinski definition) is 10. The number of carboxylic acid groups (broad SMARTS) is 1. The Morgan fingerprint density at radius 1 is 0.692 bits per heavy atom. The van der Waals surface area contributed by atoms with E-state index in [-0.39, 0.29) is 52.6 Å². The maximum absolute atomic E-state index is 14.6. The summed E-state index contributed by atoms with van der Waals surface area (Å²) in [6, 6.07) is 12.8. The van der Waals surface area contributed by atoms with Gasteiger partial charge in [0.25, 0.3) is 23.6 Å². The number of hydrogen-bond donors (Lipinski definition) is 5. The lowest BCUT2D eigenvalue weighted by Crippen LogP contribution is -2.47. The van der Waals surface area contributed by atoms with Crippen LogP contribution in [0.4, 0.5) is 5.69 Å². The average Bonchev–Trinajstić information content (AvgIpc) is 4.01. The first-order chi connectivity index (χ1) is 31.6. The minimum Gasteiger partial charge on any atom is -0.480 e. The van der Waals surface area contributed by atoms with Gasteiger partial charge in [-0.1, -0.05) is 51.2 Å². The monoisotopic (exact) mass is 892 g/mol. The van der Waals surface area contributed by atoms with Crippen molar-refractivity contribution >= 4 is 35.3 Å². The largest absolute Gasteiger partial charge is 0.480 e. The predicted molar refractivity (Wildman–Crippen MR) is 251 cm³/mol. The van der Waals surface area contributed by atoms with Crippen LogP contribution >= 0.6 is 0 Å². The highest BCUT2D eigenvalue weighted by Gasteiger charge is 2.35. The molecule has 1 aromatic carbocycles. The molecule has 15 heteroatoms. The highest BCUT2D eigenvalue weighted by atomic mass is 16.4. The predicted octanol–water partition coefficient (Wildman–Crippen LogP) is 5.94. The molecule has 1 aliphatic carbocycles. The Kier molecular flexibility index (Phi) is 16.9. The summed E-state index contributed by atoms with van der Waals surface area (Å²) in [5, 5.41) is 19.5. The van der Waals surface area contributed by atoms with Gasteiger partial charge in [-0.2, -0.15) is 0 Å². The molecule has 350 valence electrons. The smallest absolute Gasteiger partial charge is 0.326 e. The normalized spacial score (nSPS) is 19.8. The Balaban J connectivity index is 1.23. The number of piperidine rings is 1. The fraction of sp³-hybridized carbons (Fsp3) is 0.580. The summed E-state index contributed by atoms with van der Waals surface area (Å²) in [5.41, 5.74) is 8.47. The SMILES string of the molecule is CCCCNCC1CCCN1C(=O)c1cc(-c2cc(C(=O)NCCCc3ccc(N)cc3)nc(C(=O)N3CCCC3CN3CCCCC3)c2)cc(C(=O)NC(C(=O)O)C2CCCCC2)n1. The van der Waals surface area contributed by atoms with E-state index in [1.54, 1.807) is 23.1 Å². The molecule has 0 spiro atoms. The lowest BCUT2D eigenvalue weighted by atomic mass is 9.84. The van der Waals surface area contributed by atoms with Gasteiger partial charge in [0, 0.05) is 50.5 Å². The fourth-order valence-corrected chi connectivity index (χ4v) is 10.1. The summed E-state index contributed by atoms with van der Waals surface area (Å²) in [4.78, 5) is 85.4. The van der Waals surface area contributed by atoms with E-state index in [4.69, 9.17) is 10.7 Å². The number of carbonyl (C=O) groups excluding carboxylic acids is 4. The third-order valence-electron chi connectivity index (χ3n) is 13.7. The van der Waals surface area contributed by atoms with Crippen molar-refractivity contribution in [3.63, 3.8) is 0 Å². The van der Waals surface area contributed by atoms with E-state index in [0.717, 1.165) is 109 Å². The van der Waals surface area contributed by atoms with Crippen LogP contribution in [0.15, 0.2) is 48.5 Å². The quantitative estimate of drug-likeness (QED) is 0.0705. The molecule has 3 aliphatic heterocycles. The number of nitrogens with two attached hydrogens (primary N) is 1. The van der Waals surface area contributed by atoms with Crippen molar-refractivity contribution in [2.24, 2.45) is 5.92 Å². The molecule has 5 heterocycles. The second-order valence-electron chi connectivity index (χ2n) is 18.5. The van der Waals surface area contributed by atoms with Crippen molar-refractivity contribution in [2.75, 3.05) is 58.1 Å². The molecule has 4 fully saturated rings. The number of amides is 4. The van der Waals surface area contributed by atoms with E-state index in [1.807, 2.05) is 29.2 Å². The molecular weight excluding hydrogens is 823 g/mol. The number of likely N-dealkylation sites (tertiary alicyclic amines) is 3. The number of carboxylic acids is 1. The standard InChI is InChI=1S/C50H69N9O6/c1-2-3-22-52-32-39-16-11-26-58(39)48(62)43-31-37(29-42(55-43)47(61)56-45(50(64)65)35-14-6-4-7-15-35)36-28-41(46(60)53-23-10-13-34-18-20-38(51)21-19-34)54-44(30-36)49(63)59-27-12-17-40(59)33-57-24-8-5-9-25-57/h18-21,28-31,35,39-40,45,52H,2-17,22-27,32-33,51H2,1H3,(H,53,60)(H,56,61)(H,64,65). The van der Waals surface area contributed by atoms with Crippen molar-refractivity contribution in [3.8, 4) is 11.1 Å². The Hall–Kier alpha value is -5.41. The van der Waals surface area contributed by atoms with E-state index >= 15 is 0 Å². The number of pyridine rings is 2. The van der Waals surface area contributed by atoms with Gasteiger partial charge in [0.05, 0.1) is 0 Å². The van der Waals surface area contributed by atoms with Gasteiger partial charge in [0.15, 0.2) is 0 Å². The lowest BCUT2D eigenvalue weighted by Gasteiger charge is -2.33. The van der Waals surface area contributed by atoms with Crippen molar-refractivity contribution in [2.45, 2.75) is 128 Å². The zero-order valence-electron chi connectivity index (χ0n) is 38.2. The summed E-state index contributed by atoms with van der Waals surface area (Å²) in [7, 11) is 0. The van der Waals surface area contributed by atoms with E-state index in [9.17, 15) is 29.1 Å². The topological polar surface area (TPSA) is 203 Å².